The molecule has 0 atom stereocenters. The number of halogens is 2. The Balaban J connectivity index is 1.99. The summed E-state index contributed by atoms with van der Waals surface area (Å²) in [5.74, 6) is 0.714. The predicted molar refractivity (Wildman–Crippen MR) is 79.3 cm³/mol. The van der Waals surface area contributed by atoms with Crippen molar-refractivity contribution < 1.29 is 4.39 Å². The fraction of sp³-hybridized carbons (Fsp3) is 0. The van der Waals surface area contributed by atoms with E-state index in [1.165, 1.54) is 12.1 Å². The van der Waals surface area contributed by atoms with Crippen molar-refractivity contribution >= 4 is 21.6 Å². The predicted octanol–water partition coefficient (Wildman–Crippen LogP) is 3.62. The second-order valence-corrected chi connectivity index (χ2v) is 5.20. The van der Waals surface area contributed by atoms with Gasteiger partial charge in [0.2, 0.25) is 0 Å². The molecule has 0 spiro atoms. The fourth-order valence-corrected chi connectivity index (χ4v) is 2.31. The van der Waals surface area contributed by atoms with Crippen LogP contribution in [0.15, 0.2) is 46.9 Å². The number of anilines is 1. The Labute approximate surface area is 123 Å². The van der Waals surface area contributed by atoms with E-state index in [9.17, 15) is 4.39 Å². The van der Waals surface area contributed by atoms with E-state index in [4.69, 9.17) is 5.73 Å². The van der Waals surface area contributed by atoms with Gasteiger partial charge in [-0.1, -0.05) is 15.9 Å². The summed E-state index contributed by atoms with van der Waals surface area (Å²) in [5, 5.41) is 6.95. The zero-order valence-electron chi connectivity index (χ0n) is 10.3. The molecule has 3 aromatic rings. The number of nitrogens with two attached hydrogens (primary N) is 1. The summed E-state index contributed by atoms with van der Waals surface area (Å²) in [6, 6.07) is 11.8. The molecule has 6 heteroatoms. The third kappa shape index (κ3) is 2.55. The van der Waals surface area contributed by atoms with Crippen LogP contribution in [-0.4, -0.2) is 15.2 Å². The van der Waals surface area contributed by atoms with Gasteiger partial charge in [0.15, 0.2) is 11.6 Å². The molecule has 20 heavy (non-hydrogen) atoms. The normalized spacial score (nSPS) is 10.7. The van der Waals surface area contributed by atoms with Gasteiger partial charge in [-0.15, -0.1) is 0 Å². The van der Waals surface area contributed by atoms with Gasteiger partial charge >= 0.3 is 0 Å². The molecule has 100 valence electrons. The number of H-pyrrole nitrogens is 1. The van der Waals surface area contributed by atoms with Crippen molar-refractivity contribution in [2.75, 3.05) is 5.73 Å². The lowest BCUT2D eigenvalue weighted by Gasteiger charge is -1.98. The Hall–Kier alpha value is -2.21. The van der Waals surface area contributed by atoms with Crippen LogP contribution in [0, 0.1) is 5.82 Å². The average Bonchev–Trinajstić information content (AvgIpc) is 2.88. The minimum atomic E-state index is -0.340. The maximum Gasteiger partial charge on any atom is 0.181 e. The first-order chi connectivity index (χ1) is 9.61. The molecule has 0 amide bonds. The molecule has 0 unspecified atom stereocenters. The zero-order valence-corrected chi connectivity index (χ0v) is 11.9. The minimum absolute atomic E-state index is 0.340. The lowest BCUT2D eigenvalue weighted by atomic mass is 10.2. The van der Waals surface area contributed by atoms with Crippen LogP contribution in [0.2, 0.25) is 0 Å². The van der Waals surface area contributed by atoms with Gasteiger partial charge in [0.05, 0.1) is 0 Å². The van der Waals surface area contributed by atoms with Crippen molar-refractivity contribution in [3.8, 4) is 22.8 Å². The van der Waals surface area contributed by atoms with Crippen molar-refractivity contribution in [2.24, 2.45) is 0 Å². The van der Waals surface area contributed by atoms with Crippen LogP contribution in [0.1, 0.15) is 0 Å². The van der Waals surface area contributed by atoms with Crippen molar-refractivity contribution in [2.45, 2.75) is 0 Å². The average molecular weight is 333 g/mol. The zero-order chi connectivity index (χ0) is 14.1. The van der Waals surface area contributed by atoms with Gasteiger partial charge in [-0.3, -0.25) is 5.10 Å². The number of nitrogens with one attached hydrogen (secondary N) is 1. The standard InChI is InChI=1S/C14H10BrFN4/c15-10-5-9(6-11(16)7-10)14-18-13(19-20-14)8-1-3-12(17)4-2-8/h1-7H,17H2,(H,18,19,20). The topological polar surface area (TPSA) is 67.6 Å². The number of aromatic amines is 1. The highest BCUT2D eigenvalue weighted by Gasteiger charge is 2.09. The highest BCUT2D eigenvalue weighted by molar-refractivity contribution is 9.10. The van der Waals surface area contributed by atoms with Gasteiger partial charge in [0, 0.05) is 21.3 Å². The molecule has 0 saturated carbocycles. The molecule has 0 aliphatic carbocycles. The maximum atomic E-state index is 13.4. The highest BCUT2D eigenvalue weighted by atomic mass is 79.9. The molecule has 4 nitrogen and oxygen atoms in total. The molecule has 3 rings (SSSR count). The van der Waals surface area contributed by atoms with Crippen LogP contribution in [0.25, 0.3) is 22.8 Å². The van der Waals surface area contributed by atoms with E-state index in [0.717, 1.165) is 5.56 Å². The fourth-order valence-electron chi connectivity index (χ4n) is 1.84. The first-order valence-corrected chi connectivity index (χ1v) is 6.66. The summed E-state index contributed by atoms with van der Waals surface area (Å²) < 4.78 is 14.0. The second-order valence-electron chi connectivity index (χ2n) is 4.29. The molecule has 0 fully saturated rings. The maximum absolute atomic E-state index is 13.4. The summed E-state index contributed by atoms with van der Waals surface area (Å²) in [6.07, 6.45) is 0. The number of hydrogen-bond donors (Lipinski definition) is 2. The van der Waals surface area contributed by atoms with Crippen LogP contribution in [-0.2, 0) is 0 Å². The number of aromatic nitrogens is 3. The number of rotatable bonds is 2. The smallest absolute Gasteiger partial charge is 0.181 e. The largest absolute Gasteiger partial charge is 0.399 e. The molecule has 0 aliphatic rings. The van der Waals surface area contributed by atoms with Gasteiger partial charge in [0.25, 0.3) is 0 Å². The van der Waals surface area contributed by atoms with E-state index in [-0.39, 0.29) is 5.82 Å². The van der Waals surface area contributed by atoms with Crippen LogP contribution < -0.4 is 5.73 Å². The Morgan fingerprint density at radius 1 is 1.05 bits per heavy atom. The van der Waals surface area contributed by atoms with Crippen molar-refractivity contribution in [3.05, 3.63) is 52.8 Å². The number of nitrogen functional groups attached to an aromatic ring is 1. The third-order valence-electron chi connectivity index (χ3n) is 2.79. The SMILES string of the molecule is Nc1ccc(-c2nc(-c3cc(F)cc(Br)c3)n[nH]2)cc1. The molecule has 0 saturated heterocycles. The quantitative estimate of drug-likeness (QED) is 0.704. The second kappa shape index (κ2) is 5.05. The Kier molecular flexibility index (Phi) is 3.23. The Morgan fingerprint density at radius 3 is 2.50 bits per heavy atom. The van der Waals surface area contributed by atoms with E-state index in [2.05, 4.69) is 31.1 Å². The summed E-state index contributed by atoms with van der Waals surface area (Å²) in [6.45, 7) is 0. The molecule has 0 radical (unpaired) electrons. The first-order valence-electron chi connectivity index (χ1n) is 5.86. The molecule has 0 bridgehead atoms. The van der Waals surface area contributed by atoms with Crippen LogP contribution in [0.5, 0.6) is 0 Å². The number of nitrogens with zero attached hydrogens (tertiary/aromatic N) is 2. The molecule has 0 aliphatic heterocycles. The van der Waals surface area contributed by atoms with Gasteiger partial charge in [-0.05, 0) is 42.5 Å². The molecule has 3 N–H and O–H groups in total. The molecule has 1 aromatic heterocycles. The molecular formula is C14H10BrFN4. The molecule has 2 aromatic carbocycles. The Bertz CT molecular complexity index is 732. The lowest BCUT2D eigenvalue weighted by molar-refractivity contribution is 0.627. The Morgan fingerprint density at radius 2 is 1.80 bits per heavy atom. The van der Waals surface area contributed by atoms with Crippen LogP contribution in [0.3, 0.4) is 0 Å². The van der Waals surface area contributed by atoms with Crippen molar-refractivity contribution in [1.29, 1.82) is 0 Å². The van der Waals surface area contributed by atoms with Gasteiger partial charge in [-0.2, -0.15) is 5.10 Å². The highest BCUT2D eigenvalue weighted by Crippen LogP contribution is 2.24. The van der Waals surface area contributed by atoms with E-state index >= 15 is 0 Å². The monoisotopic (exact) mass is 332 g/mol. The van der Waals surface area contributed by atoms with E-state index in [0.29, 0.717) is 27.4 Å². The van der Waals surface area contributed by atoms with Crippen molar-refractivity contribution in [1.82, 2.24) is 15.2 Å². The van der Waals surface area contributed by atoms with Gasteiger partial charge < -0.3 is 5.73 Å². The van der Waals surface area contributed by atoms with E-state index in [1.54, 1.807) is 18.2 Å². The summed E-state index contributed by atoms with van der Waals surface area (Å²) in [5.41, 5.74) is 7.80. The van der Waals surface area contributed by atoms with Gasteiger partial charge in [0.1, 0.15) is 5.82 Å². The summed E-state index contributed by atoms with van der Waals surface area (Å²) >= 11 is 3.25. The van der Waals surface area contributed by atoms with Crippen LogP contribution in [0.4, 0.5) is 10.1 Å². The first kappa shape index (κ1) is 12.8. The van der Waals surface area contributed by atoms with Crippen LogP contribution >= 0.6 is 15.9 Å². The molecule has 1 heterocycles. The number of benzene rings is 2. The van der Waals surface area contributed by atoms with E-state index in [1.807, 2.05) is 12.1 Å². The summed E-state index contributed by atoms with van der Waals surface area (Å²) in [4.78, 5) is 4.37. The number of hydrogen-bond acceptors (Lipinski definition) is 3. The van der Waals surface area contributed by atoms with Gasteiger partial charge in [-0.25, -0.2) is 9.37 Å². The van der Waals surface area contributed by atoms with E-state index < -0.39 is 0 Å². The molecular weight excluding hydrogens is 323 g/mol. The van der Waals surface area contributed by atoms with Crippen molar-refractivity contribution in [3.63, 3.8) is 0 Å². The third-order valence-corrected chi connectivity index (χ3v) is 3.25. The minimum Gasteiger partial charge on any atom is -0.399 e. The lowest BCUT2D eigenvalue weighted by Crippen LogP contribution is -1.85. The summed E-state index contributed by atoms with van der Waals surface area (Å²) in [7, 11) is 0.